The van der Waals surface area contributed by atoms with Crippen molar-refractivity contribution in [1.29, 1.82) is 0 Å². The summed E-state index contributed by atoms with van der Waals surface area (Å²) in [4.78, 5) is 280. The summed E-state index contributed by atoms with van der Waals surface area (Å²) in [6.07, 6.45) is 2.80. The van der Waals surface area contributed by atoms with E-state index in [0.717, 1.165) is 31.4 Å². The maximum absolute atomic E-state index is 15.6. The van der Waals surface area contributed by atoms with Gasteiger partial charge in [-0.25, -0.2) is 4.98 Å². The third-order valence-corrected chi connectivity index (χ3v) is 25.2. The summed E-state index contributed by atoms with van der Waals surface area (Å²) in [7, 11) is 2.68. The van der Waals surface area contributed by atoms with Crippen LogP contribution in [-0.2, 0) is 112 Å². The highest BCUT2D eigenvalue weighted by molar-refractivity contribution is 8.00. The van der Waals surface area contributed by atoms with Gasteiger partial charge in [0.15, 0.2) is 0 Å². The monoisotopic (exact) mass is 1870 g/mol. The molecule has 4 aliphatic rings. The first kappa shape index (κ1) is 102. The van der Waals surface area contributed by atoms with E-state index < -0.39 is 254 Å². The number of nitrogens with zero attached hydrogens (tertiary/aromatic N) is 6. The quantitative estimate of drug-likeness (QED) is 0.0308. The molecule has 6 aromatic rings. The first-order valence-electron chi connectivity index (χ1n) is 44.5. The first-order valence-corrected chi connectivity index (χ1v) is 45.7. The molecule has 0 spiro atoms. The Morgan fingerprint density at radius 1 is 0.526 bits per heavy atom. The van der Waals surface area contributed by atoms with Gasteiger partial charge in [-0.15, -0.1) is 11.8 Å². The molecule has 133 heavy (non-hydrogen) atoms. The number of amides is 17. The average molecular weight is 1870 g/mol. The third kappa shape index (κ3) is 27.3. The number of aromatic amines is 3. The van der Waals surface area contributed by atoms with Gasteiger partial charge in [-0.2, -0.15) is 0 Å². The highest BCUT2D eigenvalue weighted by atomic mass is 32.2. The van der Waals surface area contributed by atoms with E-state index in [1.807, 2.05) is 13.8 Å². The molecular formula is C89H119N21O22S. The number of aliphatic hydroxyl groups is 2. The fourth-order valence-corrected chi connectivity index (χ4v) is 17.8. The van der Waals surface area contributed by atoms with Gasteiger partial charge in [0.1, 0.15) is 90.3 Å². The SMILES string of the molecule is CCCC[C@H]1C(=O)N(C)[C@@H](CCCC)C(=O)N[C@@H](C)C(=O)N[C@H](C(=O)NCC(N)=O)CSCC(=O)N[C@H](Cc2ccc(O)cc2)C(=O)N2CCCC[C@H]2C(=O)N[C@@H](CC(=O)O)C(=O)N2CCC[C@H]2C(=O)N[C@@H](Cc2cnc[nH]2)C(=O)N[C@@H](CCC(N)=O)C(=O)N2C[C@H](O)C[C@H]2C(=O)N[C@@H](Cc2c[nH]c3ccccc23)C(=O)N[C@@H](CO)C(=O)N[C@@H](Cc2c[nH]c3ccccc23)C(=O)N1C. The fraction of sp³-hybridized carbons (Fsp3) is 0.517. The molecule has 0 bridgehead atoms. The molecule has 17 amide bonds. The van der Waals surface area contributed by atoms with Crippen LogP contribution in [0.15, 0.2) is 97.7 Å². The summed E-state index contributed by atoms with van der Waals surface area (Å²) in [5, 5.41) is 70.4. The number of phenols is 1. The molecular weight excluding hydrogens is 1750 g/mol. The number of phenolic OH excluding ortho intramolecular Hbond substituents is 1. The molecule has 3 aromatic heterocycles. The number of carboxylic acid groups (broad SMARTS) is 1. The second-order valence-corrected chi connectivity index (χ2v) is 34.9. The molecule has 0 unspecified atom stereocenters. The topological polar surface area (TPSA) is 637 Å². The zero-order valence-electron chi connectivity index (χ0n) is 74.7. The molecule has 10 rings (SSSR count). The summed E-state index contributed by atoms with van der Waals surface area (Å²) in [5.74, 6) is -19.0. The highest BCUT2D eigenvalue weighted by Gasteiger charge is 2.47. The minimum Gasteiger partial charge on any atom is -0.508 e. The zero-order chi connectivity index (χ0) is 96.4. The predicted molar refractivity (Wildman–Crippen MR) is 481 cm³/mol. The number of unbranched alkanes of at least 4 members (excludes halogenated alkanes) is 2. The molecule has 4 fully saturated rings. The first-order chi connectivity index (χ1) is 63.6. The number of thioether (sulfide) groups is 1. The Hall–Kier alpha value is -13.5. The predicted octanol–water partition coefficient (Wildman–Crippen LogP) is -2.82. The molecule has 718 valence electrons. The number of carbonyl (C=O) groups is 18. The van der Waals surface area contributed by atoms with E-state index in [1.165, 1.54) is 62.7 Å². The molecule has 15 atom stereocenters. The lowest BCUT2D eigenvalue weighted by Gasteiger charge is -2.38. The number of rotatable bonds is 23. The van der Waals surface area contributed by atoms with E-state index >= 15 is 38.4 Å². The third-order valence-electron chi connectivity index (χ3n) is 24.2. The van der Waals surface area contributed by atoms with E-state index in [2.05, 4.69) is 73.1 Å². The maximum Gasteiger partial charge on any atom is 0.305 e. The number of piperidine rings is 1. The number of fused-ring (bicyclic) bond motifs is 5. The number of primary amides is 2. The number of hydrogen-bond donors (Lipinski definition) is 19. The number of aromatic hydroxyl groups is 1. The number of aliphatic hydroxyl groups excluding tert-OH is 2. The van der Waals surface area contributed by atoms with Crippen LogP contribution in [0.1, 0.15) is 139 Å². The lowest BCUT2D eigenvalue weighted by atomic mass is 9.97. The highest BCUT2D eigenvalue weighted by Crippen LogP contribution is 2.29. The fourth-order valence-electron chi connectivity index (χ4n) is 17.0. The van der Waals surface area contributed by atoms with Gasteiger partial charge in [0, 0.05) is 124 Å². The Morgan fingerprint density at radius 2 is 1.05 bits per heavy atom. The molecule has 43 nitrogen and oxygen atoms in total. The number of hydrogen-bond acceptors (Lipinski definition) is 23. The van der Waals surface area contributed by atoms with Gasteiger partial charge >= 0.3 is 5.97 Å². The number of aliphatic carboxylic acids is 1. The molecule has 0 aliphatic carbocycles. The van der Waals surface area contributed by atoms with Crippen LogP contribution in [0.25, 0.3) is 21.8 Å². The lowest BCUT2D eigenvalue weighted by molar-refractivity contribution is -0.149. The Morgan fingerprint density at radius 3 is 1.65 bits per heavy atom. The van der Waals surface area contributed by atoms with Crippen LogP contribution < -0.4 is 64.6 Å². The smallest absolute Gasteiger partial charge is 0.305 e. The van der Waals surface area contributed by atoms with Gasteiger partial charge in [0.2, 0.25) is 100 Å². The van der Waals surface area contributed by atoms with Crippen molar-refractivity contribution >= 4 is 140 Å². The van der Waals surface area contributed by atoms with Crippen LogP contribution in [0.2, 0.25) is 0 Å². The van der Waals surface area contributed by atoms with E-state index in [4.69, 9.17) is 11.5 Å². The Labute approximate surface area is 769 Å². The number of carboxylic acids is 1. The largest absolute Gasteiger partial charge is 0.508 e. The van der Waals surface area contributed by atoms with Crippen LogP contribution in [0.3, 0.4) is 0 Å². The molecule has 0 radical (unpaired) electrons. The van der Waals surface area contributed by atoms with Crippen molar-refractivity contribution in [3.05, 3.63) is 120 Å². The normalized spacial score (nSPS) is 25.4. The van der Waals surface area contributed by atoms with E-state index in [-0.39, 0.29) is 82.3 Å². The van der Waals surface area contributed by atoms with Gasteiger partial charge in [-0.05, 0) is 99.2 Å². The van der Waals surface area contributed by atoms with Crippen LogP contribution >= 0.6 is 11.8 Å². The number of nitrogens with one attached hydrogen (secondary N) is 13. The number of H-pyrrole nitrogens is 3. The number of nitrogens with two attached hydrogens (primary N) is 2. The van der Waals surface area contributed by atoms with Gasteiger partial charge in [0.05, 0.1) is 37.8 Å². The van der Waals surface area contributed by atoms with Crippen molar-refractivity contribution in [2.24, 2.45) is 11.5 Å². The van der Waals surface area contributed by atoms with Crippen molar-refractivity contribution < 1.29 is 107 Å². The number of para-hydroxylation sites is 2. The lowest BCUT2D eigenvalue weighted by Crippen LogP contribution is -2.62. The Kier molecular flexibility index (Phi) is 36.7. The molecule has 21 N–H and O–H groups in total. The summed E-state index contributed by atoms with van der Waals surface area (Å²) >= 11 is 0.782. The van der Waals surface area contributed by atoms with Gasteiger partial charge < -0.3 is 125 Å². The summed E-state index contributed by atoms with van der Waals surface area (Å²) in [6.45, 7) is 2.28. The number of benzene rings is 3. The van der Waals surface area contributed by atoms with Gasteiger partial charge in [0.25, 0.3) is 0 Å². The van der Waals surface area contributed by atoms with Crippen molar-refractivity contribution in [1.82, 2.24) is 97.6 Å². The zero-order valence-corrected chi connectivity index (χ0v) is 75.5. The van der Waals surface area contributed by atoms with Gasteiger partial charge in [-0.3, -0.25) is 86.3 Å². The number of imidazole rings is 1. The number of likely N-dealkylation sites (N-methyl/N-ethyl adjacent to an activating group) is 2. The van der Waals surface area contributed by atoms with Crippen molar-refractivity contribution in [2.75, 3.05) is 58.4 Å². The number of carbonyl (C=O) groups excluding carboxylic acids is 17. The average Bonchev–Trinajstić information content (AvgIpc) is 1.64. The van der Waals surface area contributed by atoms with Crippen LogP contribution in [0.5, 0.6) is 5.75 Å². The number of aromatic nitrogens is 4. The van der Waals surface area contributed by atoms with E-state index in [1.54, 1.807) is 60.9 Å². The van der Waals surface area contributed by atoms with Gasteiger partial charge in [-0.1, -0.05) is 88.1 Å². The summed E-state index contributed by atoms with van der Waals surface area (Å²) in [6, 6.07) is -2.78. The standard InChI is InChI=1S/C89H119N21O22S/c1-6-8-21-67-81(124)97-48(3)76(119)105-66(77(120)95-42-73(91)115)45-133-46-74(116)98-62(33-49-25-27-53(112)28-26-49)87(130)108-31-15-14-23-68(108)83(126)103-64(38-75(117)118)88(131)109-32-16-24-69(109)82(125)101-61(36-52-41-92-47-96-52)79(122)99-59(29-30-72(90)114)86(129)110-43-54(113)37-71(110)84(127)100-60(34-50-39-93-57-19-12-10-17-55(50)57)78(121)104-65(44-111)80(123)102-63(35-51-40-94-58-20-13-11-18-56(51)58)85(128)107(5)70(22-9-7-2)89(132)106(67)4/h10-13,17-20,25-28,39-41,47-48,54,59-71,93-94,111-113H,6-9,14-16,21-24,29-38,42-46H2,1-5H3,(H2,90,114)(H2,91,115)(H,92,96)(H,95,120)(H,97,124)(H,98,116)(H,99,122)(H,100,127)(H,101,125)(H,102,123)(H,103,126)(H,104,121)(H,105,119)(H,117,118)/t48-,54+,59-,60-,61-,62+,63-,64-,65-,66-,67-,68-,69-,70-,71-/m0/s1. The van der Waals surface area contributed by atoms with E-state index in [9.17, 15) is 68.4 Å². The Bertz CT molecular complexity index is 5210. The molecule has 0 saturated carbocycles. The Balaban J connectivity index is 1.01. The summed E-state index contributed by atoms with van der Waals surface area (Å²) < 4.78 is 0. The molecule has 4 aliphatic heterocycles. The van der Waals surface area contributed by atoms with Crippen molar-refractivity contribution in [3.63, 3.8) is 0 Å². The molecule has 44 heteroatoms. The van der Waals surface area contributed by atoms with Crippen molar-refractivity contribution in [2.45, 2.75) is 233 Å². The van der Waals surface area contributed by atoms with Crippen LogP contribution in [-0.4, -0.2) is 320 Å². The second-order valence-electron chi connectivity index (χ2n) is 33.9. The minimum atomic E-state index is -1.91. The molecule has 7 heterocycles. The van der Waals surface area contributed by atoms with Crippen LogP contribution in [0, 0.1) is 0 Å². The maximum atomic E-state index is 15.6. The molecule has 3 aromatic carbocycles. The van der Waals surface area contributed by atoms with Crippen molar-refractivity contribution in [3.8, 4) is 5.75 Å². The summed E-state index contributed by atoms with van der Waals surface area (Å²) in [5.41, 5.74) is 13.9. The minimum absolute atomic E-state index is 0.00213. The van der Waals surface area contributed by atoms with Crippen LogP contribution in [0.4, 0.5) is 0 Å². The molecule has 4 saturated heterocycles. The van der Waals surface area contributed by atoms with E-state index in [0.29, 0.717) is 77.0 Å². The second kappa shape index (κ2) is 48.0.